The Morgan fingerprint density at radius 3 is 1.33 bits per heavy atom. The molecule has 20 N–H and O–H groups in total. The minimum absolute atomic E-state index is 0.120. The second-order valence-electron chi connectivity index (χ2n) is 36.7. The van der Waals surface area contributed by atoms with Crippen LogP contribution in [0.25, 0.3) is 66.1 Å². The standard InChI is InChI=1S/C38H40N4.C28H30N2O2.C25H24N2.C21H18N2.4C6H6/c1-4-5-10-25(2)26-15-17-27(18-16-26)38(3,28-19-21-36(41)32(23-28)30-11-6-8-13-34(30)39)29-20-22-37(42)33(24-29)31-12-7-9-14-35(31)40;1-28(22-13-15-24(29)26(17-22)31-2,23-14-16-25(30)27(18-23)32-3)21-11-9-20(10-12-21)19-7-5-4-6-8-19;1-3-8-20(4-2)22-16-18(11-13-24(22)26)15-19-12-14-25(27)23(17-19)21-9-6-5-7-10-21;22-20-7-5-16-10-14(1-3-18(16)12-20)9-15-2-4-19-13-21(23)8-6-17(19)11-15;4*1-2-4-6-5-3-1/h4-15,17,19,21-24,29H,1-2,16,18,20,39-42H2,3H3;4-18,24,26H,29-30H2,1-3H3;3-14,16-17H,1-2,15,26-27H2;1-8,10-13H,9,22-23H2;4*1-6H/b10-5-;;20-8+;;;;;. The number of hydrogen-bond acceptors (Lipinski definition) is 12. The summed E-state index contributed by atoms with van der Waals surface area (Å²) >= 11 is 0. The minimum Gasteiger partial charge on any atom is -0.495 e. The van der Waals surface area contributed by atoms with Gasteiger partial charge in [-0.3, -0.25) is 0 Å². The van der Waals surface area contributed by atoms with Crippen LogP contribution in [0.2, 0.25) is 0 Å². The van der Waals surface area contributed by atoms with Crippen LogP contribution in [-0.2, 0) is 28.4 Å². The van der Waals surface area contributed by atoms with E-state index in [1.54, 1.807) is 32.4 Å². The summed E-state index contributed by atoms with van der Waals surface area (Å²) in [6, 6.07) is 143. The maximum absolute atomic E-state index is 6.59. The van der Waals surface area contributed by atoms with Gasteiger partial charge in [0.15, 0.2) is 0 Å². The Morgan fingerprint density at radius 1 is 0.385 bits per heavy atom. The van der Waals surface area contributed by atoms with Crippen LogP contribution in [-0.4, -0.2) is 26.4 Å². The summed E-state index contributed by atoms with van der Waals surface area (Å²) in [6.07, 6.45) is 30.5. The molecule has 17 aromatic carbocycles. The van der Waals surface area contributed by atoms with Gasteiger partial charge >= 0.3 is 0 Å². The van der Waals surface area contributed by atoms with E-state index in [1.165, 1.54) is 71.6 Å². The molecule has 0 spiro atoms. The molecule has 3 aliphatic carbocycles. The highest BCUT2D eigenvalue weighted by atomic mass is 16.5. The molecule has 0 heterocycles. The highest BCUT2D eigenvalue weighted by molar-refractivity contribution is 5.90. The molecule has 5 unspecified atom stereocenters. The Kier molecular flexibility index (Phi) is 39.1. The number of allylic oxidation sites excluding steroid dienone is 17. The van der Waals surface area contributed by atoms with Crippen LogP contribution in [0, 0.1) is 5.92 Å². The number of benzene rings is 17. The van der Waals surface area contributed by atoms with Gasteiger partial charge in [0, 0.05) is 96.8 Å². The van der Waals surface area contributed by atoms with Gasteiger partial charge in [-0.1, -0.05) is 451 Å². The molecular weight excluding hydrogens is 1810 g/mol. The number of fused-ring (bicyclic) bond motifs is 2. The third-order valence-electron chi connectivity index (χ3n) is 26.8. The van der Waals surface area contributed by atoms with E-state index in [-0.39, 0.29) is 23.5 Å². The molecule has 17 aromatic rings. The van der Waals surface area contributed by atoms with Crippen molar-refractivity contribution in [1.82, 2.24) is 0 Å². The van der Waals surface area contributed by atoms with Gasteiger partial charge in [-0.25, -0.2) is 0 Å². The molecule has 742 valence electrons. The Morgan fingerprint density at radius 2 is 0.824 bits per heavy atom. The number of nitrogen functional groups attached to an aromatic ring is 8. The molecule has 0 saturated carbocycles. The van der Waals surface area contributed by atoms with Gasteiger partial charge in [-0.05, 0) is 235 Å². The third kappa shape index (κ3) is 29.0. The molecule has 20 rings (SSSR count). The summed E-state index contributed by atoms with van der Waals surface area (Å²) in [5, 5.41) is 4.82. The second kappa shape index (κ2) is 54.0. The van der Waals surface area contributed by atoms with Crippen molar-refractivity contribution in [3.63, 3.8) is 0 Å². The van der Waals surface area contributed by atoms with Gasteiger partial charge in [0.25, 0.3) is 0 Å². The average molecular weight is 1940 g/mol. The monoisotopic (exact) mass is 1940 g/mol. The van der Waals surface area contributed by atoms with Gasteiger partial charge in [0.05, 0.1) is 24.9 Å². The van der Waals surface area contributed by atoms with Crippen molar-refractivity contribution in [3.8, 4) is 39.1 Å². The fourth-order valence-corrected chi connectivity index (χ4v) is 18.4. The molecular formula is C136H136N10O2. The Labute approximate surface area is 875 Å². The molecule has 5 atom stereocenters. The normalized spacial score (nSPS) is 14.6. The summed E-state index contributed by atoms with van der Waals surface area (Å²) in [6.45, 7) is 20.3. The van der Waals surface area contributed by atoms with E-state index in [2.05, 4.69) is 228 Å². The van der Waals surface area contributed by atoms with Crippen molar-refractivity contribution in [1.29, 1.82) is 0 Å². The van der Waals surface area contributed by atoms with Crippen molar-refractivity contribution < 1.29 is 9.47 Å². The van der Waals surface area contributed by atoms with Crippen molar-refractivity contribution in [3.05, 3.63) is 608 Å². The van der Waals surface area contributed by atoms with Crippen LogP contribution in [0.5, 0.6) is 5.75 Å². The molecule has 0 fully saturated rings. The lowest BCUT2D eigenvalue weighted by Gasteiger charge is -2.42. The quantitative estimate of drug-likeness (QED) is 0.0224. The van der Waals surface area contributed by atoms with Gasteiger partial charge in [0.1, 0.15) is 5.75 Å². The van der Waals surface area contributed by atoms with E-state index >= 15 is 0 Å². The summed E-state index contributed by atoms with van der Waals surface area (Å²) < 4.78 is 11.2. The molecule has 3 aliphatic rings. The van der Waals surface area contributed by atoms with Crippen molar-refractivity contribution in [2.75, 3.05) is 60.1 Å². The van der Waals surface area contributed by atoms with E-state index in [0.717, 1.165) is 127 Å². The van der Waals surface area contributed by atoms with Gasteiger partial charge in [0.2, 0.25) is 0 Å². The lowest BCUT2D eigenvalue weighted by atomic mass is 9.61. The van der Waals surface area contributed by atoms with E-state index in [9.17, 15) is 0 Å². The van der Waals surface area contributed by atoms with Crippen LogP contribution >= 0.6 is 0 Å². The first-order chi connectivity index (χ1) is 72.0. The van der Waals surface area contributed by atoms with Crippen molar-refractivity contribution in [2.45, 2.75) is 68.9 Å². The van der Waals surface area contributed by atoms with Gasteiger partial charge < -0.3 is 66.8 Å². The zero-order chi connectivity index (χ0) is 105. The predicted octanol–water partition coefficient (Wildman–Crippen LogP) is 30.7. The first-order valence-electron chi connectivity index (χ1n) is 49.8. The fourth-order valence-electron chi connectivity index (χ4n) is 18.4. The number of anilines is 8. The molecule has 12 heteroatoms. The average Bonchev–Trinajstić information content (AvgIpc) is 0.746. The summed E-state index contributed by atoms with van der Waals surface area (Å²) in [7, 11) is 3.33. The van der Waals surface area contributed by atoms with E-state index in [4.69, 9.17) is 66.8 Å². The molecule has 0 saturated heterocycles. The number of rotatable bonds is 22. The van der Waals surface area contributed by atoms with E-state index in [0.29, 0.717) is 28.5 Å². The third-order valence-corrected chi connectivity index (χ3v) is 26.8. The topological polar surface area (TPSA) is 279 Å². The first-order valence-corrected chi connectivity index (χ1v) is 49.8. The Bertz CT molecular complexity index is 7240. The van der Waals surface area contributed by atoms with Crippen LogP contribution in [0.15, 0.2) is 558 Å². The zero-order valence-electron chi connectivity index (χ0n) is 85.1. The predicted molar refractivity (Wildman–Crippen MR) is 636 cm³/mol. The van der Waals surface area contributed by atoms with Crippen LogP contribution in [0.4, 0.5) is 45.5 Å². The van der Waals surface area contributed by atoms with Crippen molar-refractivity contribution in [2.24, 2.45) is 17.4 Å². The fraction of sp³-hybridized carbons (Fsp3) is 0.103. The second-order valence-corrected chi connectivity index (χ2v) is 36.7. The highest BCUT2D eigenvalue weighted by Crippen LogP contribution is 2.51. The minimum atomic E-state index is -0.455. The summed E-state index contributed by atoms with van der Waals surface area (Å²) in [5.74, 6) is 0.782. The maximum atomic E-state index is 6.59. The summed E-state index contributed by atoms with van der Waals surface area (Å²) in [4.78, 5) is 0. The Balaban J connectivity index is 0.000000155. The van der Waals surface area contributed by atoms with Gasteiger partial charge in [-0.15, -0.1) is 0 Å². The van der Waals surface area contributed by atoms with Crippen molar-refractivity contribution >= 4 is 78.2 Å². The number of hydrogen-bond donors (Lipinski definition) is 10. The maximum Gasteiger partial charge on any atom is 0.142 e. The number of para-hydroxylation sites is 2. The zero-order valence-corrected chi connectivity index (χ0v) is 85.1. The van der Waals surface area contributed by atoms with Gasteiger partial charge in [-0.2, -0.15) is 0 Å². The number of ether oxygens (including phenoxy) is 2. The molecule has 0 radical (unpaired) electrons. The first kappa shape index (κ1) is 107. The molecule has 0 bridgehead atoms. The molecule has 0 amide bonds. The molecule has 148 heavy (non-hydrogen) atoms. The smallest absolute Gasteiger partial charge is 0.142 e. The molecule has 0 aromatic heterocycles. The Hall–Kier alpha value is -17.9. The molecule has 0 aliphatic heterocycles. The highest BCUT2D eigenvalue weighted by Gasteiger charge is 2.41. The number of nitrogens with two attached hydrogens (primary N) is 10. The van der Waals surface area contributed by atoms with Crippen LogP contribution in [0.3, 0.4) is 0 Å². The van der Waals surface area contributed by atoms with Crippen LogP contribution in [0.1, 0.15) is 83.2 Å². The lowest BCUT2D eigenvalue weighted by molar-refractivity contribution is 0.128. The van der Waals surface area contributed by atoms with E-state index < -0.39 is 5.41 Å². The number of methoxy groups -OCH3 is 2. The van der Waals surface area contributed by atoms with E-state index in [1.807, 2.05) is 297 Å². The lowest BCUT2D eigenvalue weighted by Crippen LogP contribution is -2.37. The molecule has 12 nitrogen and oxygen atoms in total. The van der Waals surface area contributed by atoms with Crippen LogP contribution < -0.4 is 62.1 Å². The SMILES string of the molecule is C=C/C=C(\C=C)c1cc(Cc2ccc(N)c(-c3ccccc3)c2)ccc1N.C=C/C=C\C(=C)C1=CC=C(C(C)(c2ccc(N)c(-c3ccccc3N)c2)C2C=C(c3ccccc3N)C(N)=CC2)CC1.COc1cc(C(C)(C2=CC(OC)C(N)C=C2)c2ccc(-c3ccccc3)cc2)ccc1N.Nc1ccc2cc(Cc3ccc4cc(N)ccc4c3)ccc2c1.c1ccccc1.c1ccccc1.c1ccccc1.c1ccccc1. The summed E-state index contributed by atoms with van der Waals surface area (Å²) in [5.41, 5.74) is 91.6. The largest absolute Gasteiger partial charge is 0.495 e.